The lowest BCUT2D eigenvalue weighted by molar-refractivity contribution is 0.273. The van der Waals surface area contributed by atoms with E-state index in [9.17, 15) is 0 Å². The molecule has 1 aliphatic rings. The van der Waals surface area contributed by atoms with Crippen LogP contribution in [0.2, 0.25) is 32.2 Å². The van der Waals surface area contributed by atoms with E-state index in [1.54, 1.807) is 0 Å². The molecule has 1 rings (SSSR count). The molecule has 0 bridgehead atoms. The fraction of sp³-hybridized carbons (Fsp3) is 1.00. The molecule has 0 atom stereocenters. The van der Waals surface area contributed by atoms with Crippen molar-refractivity contribution in [2.24, 2.45) is 0 Å². The highest BCUT2D eigenvalue weighted by Crippen LogP contribution is 2.23. The molecule has 8 heteroatoms. The maximum absolute atomic E-state index is 6.29. The van der Waals surface area contributed by atoms with E-state index in [1.807, 2.05) is 6.55 Å². The number of unbranched alkanes of at least 4 members (excludes halogenated alkanes) is 11. The van der Waals surface area contributed by atoms with Crippen LogP contribution in [0.1, 0.15) is 84.0 Å². The molecular weight excluding hydrogens is 393 g/mol. The van der Waals surface area contributed by atoms with Gasteiger partial charge in [0.2, 0.25) is 0 Å². The van der Waals surface area contributed by atoms with Gasteiger partial charge in [-0.05, 0) is 32.2 Å². The zero-order valence-corrected chi connectivity index (χ0v) is 21.8. The molecule has 153 valence electrons. The summed E-state index contributed by atoms with van der Waals surface area (Å²) < 4.78 is 24.4. The van der Waals surface area contributed by atoms with Crippen molar-refractivity contribution in [2.75, 3.05) is 0 Å². The molecule has 0 N–H and O–H groups in total. The average Bonchev–Trinajstić information content (AvgIpc) is 2.54. The van der Waals surface area contributed by atoms with Crippen molar-refractivity contribution < 1.29 is 16.5 Å². The second-order valence-electron chi connectivity index (χ2n) is 7.66. The van der Waals surface area contributed by atoms with E-state index < -0.39 is 36.4 Å². The predicted octanol–water partition coefficient (Wildman–Crippen LogP) is 6.19. The summed E-state index contributed by atoms with van der Waals surface area (Å²) in [6.07, 6.45) is 16.6. The molecule has 1 aliphatic heterocycles. The van der Waals surface area contributed by atoms with Gasteiger partial charge in [0.15, 0.2) is 0 Å². The van der Waals surface area contributed by atoms with E-state index in [2.05, 4.69) is 26.6 Å². The summed E-state index contributed by atoms with van der Waals surface area (Å²) in [5.74, 6) is 0. The molecule has 0 amide bonds. The normalized spacial score (nSPS) is 20.2. The summed E-state index contributed by atoms with van der Waals surface area (Å²) in [7, 11) is -5.74. The van der Waals surface area contributed by atoms with Gasteiger partial charge in [-0.3, -0.25) is 0 Å². The smallest absolute Gasteiger partial charge is 0.362 e. The molecule has 3 radical (unpaired) electrons. The molecule has 0 aromatic carbocycles. The van der Waals surface area contributed by atoms with Crippen LogP contribution in [0, 0.1) is 0 Å². The molecule has 1 heterocycles. The Bertz CT molecular complexity index is 335. The Kier molecular flexibility index (Phi) is 14.0. The van der Waals surface area contributed by atoms with Gasteiger partial charge in [-0.25, -0.2) is 0 Å². The van der Waals surface area contributed by atoms with Crippen LogP contribution in [-0.2, 0) is 16.5 Å². The zero-order chi connectivity index (χ0) is 19.3. The van der Waals surface area contributed by atoms with Crippen LogP contribution in [-0.4, -0.2) is 36.4 Å². The van der Waals surface area contributed by atoms with Gasteiger partial charge in [0, 0.05) is 0 Å². The van der Waals surface area contributed by atoms with E-state index in [4.69, 9.17) is 16.5 Å². The van der Waals surface area contributed by atoms with Gasteiger partial charge >= 0.3 is 36.4 Å². The first-order valence-electron chi connectivity index (χ1n) is 10.7. The average molecular weight is 434 g/mol. The first-order chi connectivity index (χ1) is 12.4. The minimum atomic E-state index is -2.12. The minimum absolute atomic E-state index is 1.08. The van der Waals surface area contributed by atoms with Crippen LogP contribution in [0.5, 0.6) is 0 Å². The van der Waals surface area contributed by atoms with Crippen molar-refractivity contribution in [1.82, 2.24) is 0 Å². The van der Waals surface area contributed by atoms with Crippen molar-refractivity contribution in [1.29, 1.82) is 0 Å². The minimum Gasteiger partial charge on any atom is -0.415 e. The highest BCUT2D eigenvalue weighted by Gasteiger charge is 2.40. The first-order valence-corrected chi connectivity index (χ1v) is 18.7. The monoisotopic (exact) mass is 433 g/mol. The van der Waals surface area contributed by atoms with Crippen molar-refractivity contribution in [3.63, 3.8) is 0 Å². The second-order valence-corrected chi connectivity index (χ2v) is 16.6. The number of rotatable bonds is 13. The molecular formula is C18H41O4Si4. The lowest BCUT2D eigenvalue weighted by Crippen LogP contribution is -2.52. The Balaban J connectivity index is 2.05. The lowest BCUT2D eigenvalue weighted by Gasteiger charge is -2.35. The quantitative estimate of drug-likeness (QED) is 0.256. The maximum Gasteiger partial charge on any atom is 0.362 e. The van der Waals surface area contributed by atoms with Gasteiger partial charge in [-0.15, -0.1) is 0 Å². The van der Waals surface area contributed by atoms with E-state index >= 15 is 0 Å². The van der Waals surface area contributed by atoms with Gasteiger partial charge in [0.25, 0.3) is 0 Å². The summed E-state index contributed by atoms with van der Waals surface area (Å²) in [6.45, 7) is 10.7. The third kappa shape index (κ3) is 12.2. The highest BCUT2D eigenvalue weighted by atomic mass is 28.5. The van der Waals surface area contributed by atoms with Crippen molar-refractivity contribution in [3.8, 4) is 0 Å². The third-order valence-corrected chi connectivity index (χ3v) is 16.4. The standard InChI is InChI=1S/C18H41O4Si4/c1-6-7-8-9-10-11-12-13-14-15-16-17-18-26(5)21-24(3)19-23(2)20-25(4)22-26/h6-18H2,1-5H3. The molecule has 1 saturated heterocycles. The van der Waals surface area contributed by atoms with Crippen LogP contribution in [0.25, 0.3) is 0 Å². The summed E-state index contributed by atoms with van der Waals surface area (Å²) >= 11 is 0. The molecule has 0 unspecified atom stereocenters. The molecule has 26 heavy (non-hydrogen) atoms. The Morgan fingerprint density at radius 2 is 0.962 bits per heavy atom. The van der Waals surface area contributed by atoms with Gasteiger partial charge < -0.3 is 16.5 Å². The van der Waals surface area contributed by atoms with Crippen LogP contribution >= 0.6 is 0 Å². The summed E-state index contributed by atoms with van der Waals surface area (Å²) in [4.78, 5) is 0. The van der Waals surface area contributed by atoms with Crippen LogP contribution < -0.4 is 0 Å². The van der Waals surface area contributed by atoms with Crippen LogP contribution in [0.15, 0.2) is 0 Å². The molecule has 0 saturated carbocycles. The molecule has 0 spiro atoms. The highest BCUT2D eigenvalue weighted by molar-refractivity contribution is 6.81. The van der Waals surface area contributed by atoms with Gasteiger partial charge in [-0.2, -0.15) is 0 Å². The van der Waals surface area contributed by atoms with Crippen molar-refractivity contribution in [3.05, 3.63) is 0 Å². The largest absolute Gasteiger partial charge is 0.415 e. The van der Waals surface area contributed by atoms with Crippen molar-refractivity contribution >= 4 is 36.4 Å². The van der Waals surface area contributed by atoms with Crippen LogP contribution in [0.4, 0.5) is 0 Å². The number of hydrogen-bond acceptors (Lipinski definition) is 4. The van der Waals surface area contributed by atoms with E-state index in [0.717, 1.165) is 6.04 Å². The molecule has 4 nitrogen and oxygen atoms in total. The zero-order valence-electron chi connectivity index (χ0n) is 17.8. The summed E-state index contributed by atoms with van der Waals surface area (Å²) in [6, 6.07) is 1.08. The maximum atomic E-state index is 6.29. The van der Waals surface area contributed by atoms with E-state index in [1.165, 1.54) is 77.0 Å². The molecule has 0 aliphatic carbocycles. The second kappa shape index (κ2) is 14.7. The molecule has 0 aromatic rings. The summed E-state index contributed by atoms with van der Waals surface area (Å²) in [5.41, 5.74) is 0. The SMILES string of the molecule is CCCCCCCCCCCCCC[Si]1(C)O[Si](C)O[Si](C)O[Si](C)O1. The predicted molar refractivity (Wildman–Crippen MR) is 117 cm³/mol. The van der Waals surface area contributed by atoms with Gasteiger partial charge in [0.1, 0.15) is 0 Å². The summed E-state index contributed by atoms with van der Waals surface area (Å²) in [5, 5.41) is 0. The van der Waals surface area contributed by atoms with Gasteiger partial charge in [-0.1, -0.05) is 84.0 Å². The Hall–Kier alpha value is 0.708. The fourth-order valence-corrected chi connectivity index (χ4v) is 15.5. The lowest BCUT2D eigenvalue weighted by atomic mass is 10.1. The van der Waals surface area contributed by atoms with E-state index in [0.29, 0.717) is 0 Å². The number of hydrogen-bond donors (Lipinski definition) is 0. The Morgan fingerprint density at radius 3 is 1.38 bits per heavy atom. The molecule has 1 fully saturated rings. The Morgan fingerprint density at radius 1 is 0.577 bits per heavy atom. The van der Waals surface area contributed by atoms with E-state index in [-0.39, 0.29) is 0 Å². The third-order valence-electron chi connectivity index (χ3n) is 4.78. The first kappa shape index (κ1) is 24.7. The topological polar surface area (TPSA) is 36.9 Å². The van der Waals surface area contributed by atoms with Gasteiger partial charge in [0.05, 0.1) is 0 Å². The van der Waals surface area contributed by atoms with Crippen molar-refractivity contribution in [2.45, 2.75) is 116 Å². The fourth-order valence-electron chi connectivity index (χ4n) is 3.49. The Labute approximate surface area is 169 Å². The molecule has 0 aromatic heterocycles. The van der Waals surface area contributed by atoms with Crippen LogP contribution in [0.3, 0.4) is 0 Å².